The Morgan fingerprint density at radius 1 is 1.00 bits per heavy atom. The molecule has 0 bridgehead atoms. The zero-order valence-corrected chi connectivity index (χ0v) is 18.6. The lowest BCUT2D eigenvalue weighted by molar-refractivity contribution is -0.140. The largest absolute Gasteiger partial charge is 0.494 e. The summed E-state index contributed by atoms with van der Waals surface area (Å²) in [5.74, 6) is 0.646. The number of nitrogens with one attached hydrogen (secondary N) is 1. The molecule has 2 rings (SSSR count). The van der Waals surface area contributed by atoms with E-state index in [0.717, 1.165) is 17.7 Å². The van der Waals surface area contributed by atoms with Crippen molar-refractivity contribution in [1.82, 2.24) is 10.2 Å². The molecular formula is C25H34N2O3. The standard InChI is InChI=1S/C25H34N2O3/c1-5-16-26-25(29)21(4)27(18-22-12-8-19(2)9-13-22)24(28)7-6-17-30-23-14-10-20(3)11-15-23/h8-15,21H,5-7,16-18H2,1-4H3,(H,26,29). The average Bonchev–Trinajstić information content (AvgIpc) is 2.75. The van der Waals surface area contributed by atoms with Crippen LogP contribution in [0.2, 0.25) is 0 Å². The van der Waals surface area contributed by atoms with E-state index in [-0.39, 0.29) is 11.8 Å². The first-order chi connectivity index (χ1) is 14.4. The number of hydrogen-bond donors (Lipinski definition) is 1. The Kier molecular flexibility index (Phi) is 9.39. The van der Waals surface area contributed by atoms with Gasteiger partial charge in [0.25, 0.3) is 0 Å². The summed E-state index contributed by atoms with van der Waals surface area (Å²) in [5.41, 5.74) is 3.36. The van der Waals surface area contributed by atoms with Crippen LogP contribution in [-0.4, -0.2) is 35.9 Å². The molecule has 0 spiro atoms. The second-order valence-corrected chi connectivity index (χ2v) is 7.74. The van der Waals surface area contributed by atoms with Crippen LogP contribution in [0.25, 0.3) is 0 Å². The molecule has 30 heavy (non-hydrogen) atoms. The van der Waals surface area contributed by atoms with E-state index in [1.165, 1.54) is 11.1 Å². The molecule has 0 fully saturated rings. The molecule has 162 valence electrons. The molecule has 2 aromatic rings. The number of benzene rings is 2. The van der Waals surface area contributed by atoms with Gasteiger partial charge in [0, 0.05) is 19.5 Å². The SMILES string of the molecule is CCCNC(=O)C(C)N(Cc1ccc(C)cc1)C(=O)CCCOc1ccc(C)cc1. The van der Waals surface area contributed by atoms with E-state index in [4.69, 9.17) is 4.74 Å². The van der Waals surface area contributed by atoms with Crippen LogP contribution in [0.5, 0.6) is 5.75 Å². The zero-order valence-electron chi connectivity index (χ0n) is 18.6. The van der Waals surface area contributed by atoms with E-state index >= 15 is 0 Å². The van der Waals surface area contributed by atoms with Crippen LogP contribution in [0, 0.1) is 13.8 Å². The first kappa shape index (κ1) is 23.5. The van der Waals surface area contributed by atoms with Crippen molar-refractivity contribution in [2.45, 2.75) is 59.5 Å². The minimum absolute atomic E-state index is 0.0396. The number of ether oxygens (including phenoxy) is 1. The molecule has 0 aromatic heterocycles. The molecule has 1 N–H and O–H groups in total. The van der Waals surface area contributed by atoms with E-state index in [1.807, 2.05) is 69.3 Å². The highest BCUT2D eigenvalue weighted by Gasteiger charge is 2.25. The lowest BCUT2D eigenvalue weighted by atomic mass is 10.1. The van der Waals surface area contributed by atoms with Gasteiger partial charge in [-0.25, -0.2) is 0 Å². The third kappa shape index (κ3) is 7.54. The van der Waals surface area contributed by atoms with E-state index in [9.17, 15) is 9.59 Å². The molecule has 2 aromatic carbocycles. The van der Waals surface area contributed by atoms with Gasteiger partial charge in [-0.1, -0.05) is 54.4 Å². The van der Waals surface area contributed by atoms with Crippen molar-refractivity contribution < 1.29 is 14.3 Å². The van der Waals surface area contributed by atoms with Crippen molar-refractivity contribution in [3.63, 3.8) is 0 Å². The molecule has 1 atom stereocenters. The van der Waals surface area contributed by atoms with Crippen molar-refractivity contribution in [3.05, 3.63) is 65.2 Å². The smallest absolute Gasteiger partial charge is 0.242 e. The molecule has 1 unspecified atom stereocenters. The molecular weight excluding hydrogens is 376 g/mol. The number of carbonyl (C=O) groups excluding carboxylic acids is 2. The minimum Gasteiger partial charge on any atom is -0.494 e. The Morgan fingerprint density at radius 2 is 1.60 bits per heavy atom. The van der Waals surface area contributed by atoms with E-state index in [0.29, 0.717) is 32.5 Å². The summed E-state index contributed by atoms with van der Waals surface area (Å²) in [6.45, 7) is 9.35. The normalized spacial score (nSPS) is 11.6. The summed E-state index contributed by atoms with van der Waals surface area (Å²) >= 11 is 0. The van der Waals surface area contributed by atoms with Gasteiger partial charge in [-0.3, -0.25) is 9.59 Å². The van der Waals surface area contributed by atoms with Gasteiger partial charge in [0.15, 0.2) is 0 Å². The summed E-state index contributed by atoms with van der Waals surface area (Å²) in [4.78, 5) is 27.2. The third-order valence-electron chi connectivity index (χ3n) is 5.01. The fourth-order valence-corrected chi connectivity index (χ4v) is 3.06. The highest BCUT2D eigenvalue weighted by molar-refractivity contribution is 5.87. The monoisotopic (exact) mass is 410 g/mol. The first-order valence-electron chi connectivity index (χ1n) is 10.7. The maximum atomic E-state index is 13.0. The van der Waals surface area contributed by atoms with Gasteiger partial charge in [0.1, 0.15) is 11.8 Å². The summed E-state index contributed by atoms with van der Waals surface area (Å²) in [6.07, 6.45) is 1.80. The van der Waals surface area contributed by atoms with Crippen LogP contribution in [0.4, 0.5) is 0 Å². The molecule has 0 aliphatic carbocycles. The summed E-state index contributed by atoms with van der Waals surface area (Å²) in [6, 6.07) is 15.4. The molecule has 5 nitrogen and oxygen atoms in total. The number of hydrogen-bond acceptors (Lipinski definition) is 3. The fourth-order valence-electron chi connectivity index (χ4n) is 3.06. The predicted octanol–water partition coefficient (Wildman–Crippen LogP) is 4.41. The molecule has 0 radical (unpaired) electrons. The maximum absolute atomic E-state index is 13.0. The van der Waals surface area contributed by atoms with Gasteiger partial charge >= 0.3 is 0 Å². The molecule has 5 heteroatoms. The van der Waals surface area contributed by atoms with Crippen LogP contribution >= 0.6 is 0 Å². The van der Waals surface area contributed by atoms with Crippen molar-refractivity contribution in [1.29, 1.82) is 0 Å². The van der Waals surface area contributed by atoms with E-state index in [1.54, 1.807) is 11.8 Å². The van der Waals surface area contributed by atoms with E-state index < -0.39 is 6.04 Å². The number of carbonyl (C=O) groups is 2. The quantitative estimate of drug-likeness (QED) is 0.559. The number of nitrogens with zero attached hydrogens (tertiary/aromatic N) is 1. The zero-order chi connectivity index (χ0) is 21.9. The molecule has 0 saturated carbocycles. The molecule has 0 aliphatic rings. The van der Waals surface area contributed by atoms with Crippen molar-refractivity contribution in [2.24, 2.45) is 0 Å². The van der Waals surface area contributed by atoms with Gasteiger partial charge in [0.2, 0.25) is 11.8 Å². The van der Waals surface area contributed by atoms with Gasteiger partial charge in [0.05, 0.1) is 6.61 Å². The maximum Gasteiger partial charge on any atom is 0.242 e. The van der Waals surface area contributed by atoms with E-state index in [2.05, 4.69) is 5.32 Å². The average molecular weight is 411 g/mol. The number of aryl methyl sites for hydroxylation is 2. The van der Waals surface area contributed by atoms with Gasteiger partial charge in [-0.2, -0.15) is 0 Å². The highest BCUT2D eigenvalue weighted by Crippen LogP contribution is 2.15. The summed E-state index contributed by atoms with van der Waals surface area (Å²) in [5, 5.41) is 2.90. The van der Waals surface area contributed by atoms with Crippen LogP contribution < -0.4 is 10.1 Å². The second kappa shape index (κ2) is 12.0. The van der Waals surface area contributed by atoms with Crippen LogP contribution in [-0.2, 0) is 16.1 Å². The van der Waals surface area contributed by atoms with Gasteiger partial charge in [-0.05, 0) is 51.3 Å². The summed E-state index contributed by atoms with van der Waals surface area (Å²) in [7, 11) is 0. The Bertz CT molecular complexity index is 800. The Balaban J connectivity index is 1.96. The van der Waals surface area contributed by atoms with Gasteiger partial charge < -0.3 is 15.0 Å². The molecule has 0 heterocycles. The minimum atomic E-state index is -0.525. The Morgan fingerprint density at radius 3 is 2.20 bits per heavy atom. The van der Waals surface area contributed by atoms with Crippen molar-refractivity contribution in [2.75, 3.05) is 13.2 Å². The van der Waals surface area contributed by atoms with Crippen molar-refractivity contribution in [3.8, 4) is 5.75 Å². The topological polar surface area (TPSA) is 58.6 Å². The lowest BCUT2D eigenvalue weighted by Crippen LogP contribution is -2.47. The molecule has 0 saturated heterocycles. The molecule has 0 aliphatic heterocycles. The van der Waals surface area contributed by atoms with Gasteiger partial charge in [-0.15, -0.1) is 0 Å². The number of rotatable bonds is 11. The predicted molar refractivity (Wildman–Crippen MR) is 120 cm³/mol. The first-order valence-corrected chi connectivity index (χ1v) is 10.7. The Hall–Kier alpha value is -2.82. The Labute approximate surface area is 180 Å². The van der Waals surface area contributed by atoms with Crippen molar-refractivity contribution >= 4 is 11.8 Å². The molecule has 2 amide bonds. The number of amides is 2. The lowest BCUT2D eigenvalue weighted by Gasteiger charge is -2.29. The summed E-state index contributed by atoms with van der Waals surface area (Å²) < 4.78 is 5.73. The highest BCUT2D eigenvalue weighted by atomic mass is 16.5. The third-order valence-corrected chi connectivity index (χ3v) is 5.01. The van der Waals surface area contributed by atoms with Crippen LogP contribution in [0.15, 0.2) is 48.5 Å². The van der Waals surface area contributed by atoms with Crippen LogP contribution in [0.1, 0.15) is 49.8 Å². The second-order valence-electron chi connectivity index (χ2n) is 7.74. The van der Waals surface area contributed by atoms with Crippen LogP contribution in [0.3, 0.4) is 0 Å². The fraction of sp³-hybridized carbons (Fsp3) is 0.440.